The first kappa shape index (κ1) is 17.1. The van der Waals surface area contributed by atoms with Gasteiger partial charge in [0.25, 0.3) is 5.56 Å². The lowest BCUT2D eigenvalue weighted by Crippen LogP contribution is -2.46. The molecule has 1 aliphatic heterocycles. The number of amides is 1. The van der Waals surface area contributed by atoms with Gasteiger partial charge in [0.15, 0.2) is 0 Å². The number of carbonyl (C=O) groups is 1. The SMILES string of the molecule is CC(N)C1CCCN(C(=O)Cn2cnc3ccc(Br)cc3c2=O)C1. The summed E-state index contributed by atoms with van der Waals surface area (Å²) in [7, 11) is 0. The smallest absolute Gasteiger partial charge is 0.261 e. The highest BCUT2D eigenvalue weighted by Crippen LogP contribution is 2.19. The predicted octanol–water partition coefficient (Wildman–Crippen LogP) is 1.74. The second kappa shape index (κ2) is 7.03. The zero-order chi connectivity index (χ0) is 17.3. The predicted molar refractivity (Wildman–Crippen MR) is 96.7 cm³/mol. The van der Waals surface area contributed by atoms with E-state index in [1.807, 2.05) is 17.9 Å². The largest absolute Gasteiger partial charge is 0.341 e. The van der Waals surface area contributed by atoms with E-state index in [1.165, 1.54) is 10.9 Å². The number of likely N-dealkylation sites (tertiary alicyclic amines) is 1. The number of benzene rings is 1. The third-order valence-corrected chi connectivity index (χ3v) is 5.14. The maximum atomic E-state index is 12.6. The van der Waals surface area contributed by atoms with Crippen molar-refractivity contribution in [2.24, 2.45) is 11.7 Å². The van der Waals surface area contributed by atoms with Crippen LogP contribution in [0.1, 0.15) is 19.8 Å². The Bertz CT molecular complexity index is 818. The first-order valence-corrected chi connectivity index (χ1v) is 8.93. The van der Waals surface area contributed by atoms with Crippen molar-refractivity contribution in [2.45, 2.75) is 32.4 Å². The molecule has 3 rings (SSSR count). The minimum Gasteiger partial charge on any atom is -0.341 e. The van der Waals surface area contributed by atoms with Crippen LogP contribution in [0.5, 0.6) is 0 Å². The number of rotatable bonds is 3. The van der Waals surface area contributed by atoms with Crippen LogP contribution in [-0.4, -0.2) is 39.5 Å². The normalized spacial score (nSPS) is 19.5. The van der Waals surface area contributed by atoms with Gasteiger partial charge in [-0.25, -0.2) is 4.98 Å². The van der Waals surface area contributed by atoms with E-state index in [0.29, 0.717) is 23.4 Å². The van der Waals surface area contributed by atoms with E-state index in [-0.39, 0.29) is 24.1 Å². The van der Waals surface area contributed by atoms with Crippen molar-refractivity contribution in [1.29, 1.82) is 0 Å². The molecule has 24 heavy (non-hydrogen) atoms. The Hall–Kier alpha value is -1.73. The van der Waals surface area contributed by atoms with E-state index in [9.17, 15) is 9.59 Å². The summed E-state index contributed by atoms with van der Waals surface area (Å²) in [6.45, 7) is 3.38. The van der Waals surface area contributed by atoms with Crippen LogP contribution in [0.2, 0.25) is 0 Å². The quantitative estimate of drug-likeness (QED) is 0.862. The lowest BCUT2D eigenvalue weighted by Gasteiger charge is -2.34. The van der Waals surface area contributed by atoms with E-state index >= 15 is 0 Å². The van der Waals surface area contributed by atoms with Crippen LogP contribution < -0.4 is 11.3 Å². The molecule has 1 aliphatic rings. The van der Waals surface area contributed by atoms with Crippen molar-refractivity contribution < 1.29 is 4.79 Å². The molecule has 0 bridgehead atoms. The highest BCUT2D eigenvalue weighted by atomic mass is 79.9. The summed E-state index contributed by atoms with van der Waals surface area (Å²) in [6.07, 6.45) is 3.45. The highest BCUT2D eigenvalue weighted by molar-refractivity contribution is 9.10. The molecule has 0 saturated carbocycles. The fraction of sp³-hybridized carbons (Fsp3) is 0.471. The Morgan fingerprint density at radius 3 is 3.04 bits per heavy atom. The summed E-state index contributed by atoms with van der Waals surface area (Å²) in [6, 6.07) is 5.43. The average Bonchev–Trinajstić information content (AvgIpc) is 2.58. The molecule has 1 aromatic carbocycles. The molecule has 1 amide bonds. The van der Waals surface area contributed by atoms with Crippen molar-refractivity contribution >= 4 is 32.7 Å². The van der Waals surface area contributed by atoms with Gasteiger partial charge in [0.1, 0.15) is 6.54 Å². The van der Waals surface area contributed by atoms with Crippen LogP contribution in [0.3, 0.4) is 0 Å². The minimum atomic E-state index is -0.199. The van der Waals surface area contributed by atoms with E-state index < -0.39 is 0 Å². The van der Waals surface area contributed by atoms with Crippen molar-refractivity contribution in [3.8, 4) is 0 Å². The molecule has 2 N–H and O–H groups in total. The van der Waals surface area contributed by atoms with Crippen LogP contribution in [0.25, 0.3) is 10.9 Å². The Morgan fingerprint density at radius 2 is 2.29 bits per heavy atom. The lowest BCUT2D eigenvalue weighted by atomic mass is 9.92. The first-order chi connectivity index (χ1) is 11.5. The number of nitrogens with zero attached hydrogens (tertiary/aromatic N) is 3. The van der Waals surface area contributed by atoms with Gasteiger partial charge in [-0.2, -0.15) is 0 Å². The van der Waals surface area contributed by atoms with Crippen LogP contribution in [0.4, 0.5) is 0 Å². The number of hydrogen-bond acceptors (Lipinski definition) is 4. The van der Waals surface area contributed by atoms with E-state index in [1.54, 1.807) is 12.1 Å². The summed E-state index contributed by atoms with van der Waals surface area (Å²) in [5.41, 5.74) is 6.40. The van der Waals surface area contributed by atoms with Crippen LogP contribution in [-0.2, 0) is 11.3 Å². The van der Waals surface area contributed by atoms with Crippen molar-refractivity contribution in [1.82, 2.24) is 14.5 Å². The molecule has 1 fully saturated rings. The summed E-state index contributed by atoms with van der Waals surface area (Å²) < 4.78 is 2.20. The maximum absolute atomic E-state index is 12.6. The average molecular weight is 393 g/mol. The summed E-state index contributed by atoms with van der Waals surface area (Å²) in [5.74, 6) is 0.267. The van der Waals surface area contributed by atoms with Crippen molar-refractivity contribution in [3.05, 3.63) is 39.4 Å². The molecule has 128 valence electrons. The zero-order valence-electron chi connectivity index (χ0n) is 13.6. The van der Waals surface area contributed by atoms with Crippen molar-refractivity contribution in [3.63, 3.8) is 0 Å². The molecule has 2 heterocycles. The Morgan fingerprint density at radius 1 is 1.50 bits per heavy atom. The van der Waals surface area contributed by atoms with Crippen LogP contribution >= 0.6 is 15.9 Å². The molecule has 2 aromatic rings. The lowest BCUT2D eigenvalue weighted by molar-refractivity contribution is -0.133. The van der Waals surface area contributed by atoms with Crippen LogP contribution in [0, 0.1) is 5.92 Å². The molecular weight excluding hydrogens is 372 g/mol. The molecule has 2 atom stereocenters. The van der Waals surface area contributed by atoms with Crippen LogP contribution in [0.15, 0.2) is 33.8 Å². The second-order valence-corrected chi connectivity index (χ2v) is 7.36. The number of halogens is 1. The maximum Gasteiger partial charge on any atom is 0.261 e. The Kier molecular flexibility index (Phi) is 5.01. The van der Waals surface area contributed by atoms with Gasteiger partial charge in [0, 0.05) is 23.6 Å². The highest BCUT2D eigenvalue weighted by Gasteiger charge is 2.26. The Balaban J connectivity index is 1.80. The molecule has 1 aromatic heterocycles. The Labute approximate surface area is 148 Å². The summed E-state index contributed by atoms with van der Waals surface area (Å²) in [5, 5.41) is 0.506. The molecule has 1 saturated heterocycles. The third kappa shape index (κ3) is 3.52. The molecule has 2 unspecified atom stereocenters. The third-order valence-electron chi connectivity index (χ3n) is 4.65. The van der Waals surface area contributed by atoms with Gasteiger partial charge >= 0.3 is 0 Å². The molecular formula is C17H21BrN4O2. The standard InChI is InChI=1S/C17H21BrN4O2/c1-11(19)12-3-2-6-21(8-12)16(23)9-22-10-20-15-5-4-13(18)7-14(15)17(22)24/h4-5,7,10-12H,2-3,6,8-9,19H2,1H3. The van der Waals surface area contributed by atoms with E-state index in [2.05, 4.69) is 20.9 Å². The number of nitrogens with two attached hydrogens (primary N) is 1. The number of piperidine rings is 1. The van der Waals surface area contributed by atoms with Gasteiger partial charge in [-0.05, 0) is 43.9 Å². The molecule has 7 heteroatoms. The fourth-order valence-electron chi connectivity index (χ4n) is 3.16. The zero-order valence-corrected chi connectivity index (χ0v) is 15.2. The van der Waals surface area contributed by atoms with Gasteiger partial charge in [0.05, 0.1) is 17.2 Å². The summed E-state index contributed by atoms with van der Waals surface area (Å²) >= 11 is 3.36. The number of aromatic nitrogens is 2. The van der Waals surface area contributed by atoms with E-state index in [4.69, 9.17) is 5.73 Å². The topological polar surface area (TPSA) is 81.2 Å². The van der Waals surface area contributed by atoms with Crippen molar-refractivity contribution in [2.75, 3.05) is 13.1 Å². The summed E-state index contributed by atoms with van der Waals surface area (Å²) in [4.78, 5) is 31.3. The van der Waals surface area contributed by atoms with Gasteiger partial charge in [0.2, 0.25) is 5.91 Å². The fourth-order valence-corrected chi connectivity index (χ4v) is 3.52. The minimum absolute atomic E-state index is 0.0138. The molecule has 0 radical (unpaired) electrons. The first-order valence-electron chi connectivity index (χ1n) is 8.14. The van der Waals surface area contributed by atoms with Gasteiger partial charge in [-0.3, -0.25) is 14.2 Å². The van der Waals surface area contributed by atoms with E-state index in [0.717, 1.165) is 23.9 Å². The number of carbonyl (C=O) groups excluding carboxylic acids is 1. The molecule has 0 aliphatic carbocycles. The second-order valence-electron chi connectivity index (χ2n) is 6.44. The van der Waals surface area contributed by atoms with Gasteiger partial charge in [-0.1, -0.05) is 15.9 Å². The van der Waals surface area contributed by atoms with Gasteiger partial charge in [-0.15, -0.1) is 0 Å². The number of hydrogen-bond donors (Lipinski definition) is 1. The monoisotopic (exact) mass is 392 g/mol. The molecule has 6 nitrogen and oxygen atoms in total. The van der Waals surface area contributed by atoms with Gasteiger partial charge < -0.3 is 10.6 Å². The number of fused-ring (bicyclic) bond motifs is 1. The molecule has 0 spiro atoms.